The lowest BCUT2D eigenvalue weighted by molar-refractivity contribution is -0.121. The van der Waals surface area contributed by atoms with Crippen LogP contribution in [0.4, 0.5) is 5.69 Å². The first-order chi connectivity index (χ1) is 8.51. The van der Waals surface area contributed by atoms with E-state index in [1.54, 1.807) is 32.2 Å². The molecule has 18 heavy (non-hydrogen) atoms. The topological polar surface area (TPSA) is 75.4 Å². The molecular weight excluding hydrogens is 230 g/mol. The minimum Gasteiger partial charge on any atom is -0.398 e. The van der Waals surface area contributed by atoms with E-state index in [1.807, 2.05) is 6.92 Å². The van der Waals surface area contributed by atoms with E-state index >= 15 is 0 Å². The standard InChI is InChI=1S/C13H19N3O2/c1-4-16(8-12(17)15-3)13(18)10-6-5-7-11(14)9(10)2/h5-7H,4,8,14H2,1-3H3,(H,15,17). The van der Waals surface area contributed by atoms with Gasteiger partial charge < -0.3 is 16.0 Å². The molecule has 1 aromatic carbocycles. The van der Waals surface area contributed by atoms with Crippen molar-refractivity contribution in [1.29, 1.82) is 0 Å². The van der Waals surface area contributed by atoms with Gasteiger partial charge in [-0.2, -0.15) is 0 Å². The van der Waals surface area contributed by atoms with E-state index in [0.717, 1.165) is 5.56 Å². The average molecular weight is 249 g/mol. The van der Waals surface area contributed by atoms with E-state index in [0.29, 0.717) is 17.8 Å². The number of amides is 2. The molecule has 0 saturated heterocycles. The van der Waals surface area contributed by atoms with Crippen molar-refractivity contribution in [3.8, 4) is 0 Å². The summed E-state index contributed by atoms with van der Waals surface area (Å²) in [5.74, 6) is -0.363. The fraction of sp³-hybridized carbons (Fsp3) is 0.385. The fourth-order valence-corrected chi connectivity index (χ4v) is 1.64. The predicted octanol–water partition coefficient (Wildman–Crippen LogP) is 0.785. The van der Waals surface area contributed by atoms with Crippen LogP contribution in [0.1, 0.15) is 22.8 Å². The third kappa shape index (κ3) is 3.00. The predicted molar refractivity (Wildman–Crippen MR) is 71.2 cm³/mol. The maximum atomic E-state index is 12.3. The summed E-state index contributed by atoms with van der Waals surface area (Å²) in [6.45, 7) is 4.17. The third-order valence-corrected chi connectivity index (χ3v) is 2.89. The molecule has 0 aliphatic carbocycles. The lowest BCUT2D eigenvalue weighted by Gasteiger charge is -2.21. The fourth-order valence-electron chi connectivity index (χ4n) is 1.64. The summed E-state index contributed by atoms with van der Waals surface area (Å²) in [4.78, 5) is 25.1. The first kappa shape index (κ1) is 14.0. The number of carbonyl (C=O) groups excluding carboxylic acids is 2. The molecule has 0 radical (unpaired) electrons. The lowest BCUT2D eigenvalue weighted by atomic mass is 10.1. The second-order valence-electron chi connectivity index (χ2n) is 4.01. The quantitative estimate of drug-likeness (QED) is 0.774. The SMILES string of the molecule is CCN(CC(=O)NC)C(=O)c1cccc(N)c1C. The van der Waals surface area contributed by atoms with Gasteiger partial charge in [0, 0.05) is 24.8 Å². The number of nitrogens with one attached hydrogen (secondary N) is 1. The Kier molecular flexibility index (Phi) is 4.71. The van der Waals surface area contributed by atoms with E-state index in [9.17, 15) is 9.59 Å². The zero-order chi connectivity index (χ0) is 13.7. The van der Waals surface area contributed by atoms with E-state index in [1.165, 1.54) is 4.90 Å². The molecule has 0 bridgehead atoms. The Bertz CT molecular complexity index is 458. The number of nitrogens with zero attached hydrogens (tertiary/aromatic N) is 1. The van der Waals surface area contributed by atoms with Gasteiger partial charge in [-0.1, -0.05) is 6.07 Å². The van der Waals surface area contributed by atoms with E-state index < -0.39 is 0 Å². The zero-order valence-electron chi connectivity index (χ0n) is 11.0. The van der Waals surface area contributed by atoms with Crippen molar-refractivity contribution in [1.82, 2.24) is 10.2 Å². The number of likely N-dealkylation sites (N-methyl/N-ethyl adjacent to an activating group) is 2. The van der Waals surface area contributed by atoms with Crippen LogP contribution in [0.2, 0.25) is 0 Å². The Labute approximate surface area is 107 Å². The van der Waals surface area contributed by atoms with Gasteiger partial charge in [0.15, 0.2) is 0 Å². The Morgan fingerprint density at radius 3 is 2.61 bits per heavy atom. The average Bonchev–Trinajstić information content (AvgIpc) is 2.38. The van der Waals surface area contributed by atoms with E-state index in [2.05, 4.69) is 5.32 Å². The van der Waals surface area contributed by atoms with Crippen molar-refractivity contribution in [3.63, 3.8) is 0 Å². The Balaban J connectivity index is 2.97. The summed E-state index contributed by atoms with van der Waals surface area (Å²) in [7, 11) is 1.55. The minimum atomic E-state index is -0.188. The minimum absolute atomic E-state index is 0.0556. The van der Waals surface area contributed by atoms with Gasteiger partial charge in [0.25, 0.3) is 5.91 Å². The summed E-state index contributed by atoms with van der Waals surface area (Å²) >= 11 is 0. The van der Waals surface area contributed by atoms with Crippen LogP contribution >= 0.6 is 0 Å². The Hall–Kier alpha value is -2.04. The summed E-state index contributed by atoms with van der Waals surface area (Å²) < 4.78 is 0. The number of benzene rings is 1. The van der Waals surface area contributed by atoms with Crippen LogP contribution < -0.4 is 11.1 Å². The smallest absolute Gasteiger partial charge is 0.254 e. The molecule has 0 aliphatic rings. The second-order valence-corrected chi connectivity index (χ2v) is 4.01. The maximum Gasteiger partial charge on any atom is 0.254 e. The molecule has 0 saturated carbocycles. The van der Waals surface area contributed by atoms with Gasteiger partial charge in [-0.3, -0.25) is 9.59 Å². The molecule has 0 atom stereocenters. The molecule has 98 valence electrons. The van der Waals surface area contributed by atoms with Crippen molar-refractivity contribution >= 4 is 17.5 Å². The molecule has 0 unspecified atom stereocenters. The molecule has 5 nitrogen and oxygen atoms in total. The highest BCUT2D eigenvalue weighted by Crippen LogP contribution is 2.17. The van der Waals surface area contributed by atoms with Gasteiger partial charge in [-0.15, -0.1) is 0 Å². The first-order valence-electron chi connectivity index (χ1n) is 5.86. The van der Waals surface area contributed by atoms with Crippen molar-refractivity contribution in [3.05, 3.63) is 29.3 Å². The normalized spacial score (nSPS) is 9.94. The number of hydrogen-bond donors (Lipinski definition) is 2. The summed E-state index contributed by atoms with van der Waals surface area (Å²) in [5, 5.41) is 2.50. The van der Waals surface area contributed by atoms with Crippen molar-refractivity contribution in [2.24, 2.45) is 0 Å². The first-order valence-corrected chi connectivity index (χ1v) is 5.86. The van der Waals surface area contributed by atoms with Crippen LogP contribution in [0.15, 0.2) is 18.2 Å². The molecular formula is C13H19N3O2. The van der Waals surface area contributed by atoms with E-state index in [4.69, 9.17) is 5.73 Å². The molecule has 1 rings (SSSR count). The largest absolute Gasteiger partial charge is 0.398 e. The summed E-state index contributed by atoms with van der Waals surface area (Å²) in [6.07, 6.45) is 0. The molecule has 0 aliphatic heterocycles. The van der Waals surface area contributed by atoms with Crippen molar-refractivity contribution in [2.45, 2.75) is 13.8 Å². The molecule has 0 spiro atoms. The summed E-state index contributed by atoms with van der Waals surface area (Å²) in [6, 6.07) is 5.21. The van der Waals surface area contributed by atoms with Crippen LogP contribution in [-0.4, -0.2) is 36.9 Å². The van der Waals surface area contributed by atoms with Gasteiger partial charge >= 0.3 is 0 Å². The van der Waals surface area contributed by atoms with Crippen LogP contribution in [0, 0.1) is 6.92 Å². The zero-order valence-corrected chi connectivity index (χ0v) is 11.0. The van der Waals surface area contributed by atoms with Gasteiger partial charge in [0.2, 0.25) is 5.91 Å². The summed E-state index contributed by atoms with van der Waals surface area (Å²) in [5.41, 5.74) is 7.65. The van der Waals surface area contributed by atoms with Gasteiger partial charge in [-0.25, -0.2) is 0 Å². The number of carbonyl (C=O) groups is 2. The number of anilines is 1. The highest BCUT2D eigenvalue weighted by Gasteiger charge is 2.18. The second kappa shape index (κ2) is 6.05. The van der Waals surface area contributed by atoms with Crippen LogP contribution in [0.25, 0.3) is 0 Å². The monoisotopic (exact) mass is 249 g/mol. The number of nitrogen functional groups attached to an aromatic ring is 1. The lowest BCUT2D eigenvalue weighted by Crippen LogP contribution is -2.39. The van der Waals surface area contributed by atoms with Gasteiger partial charge in [0.1, 0.15) is 0 Å². The van der Waals surface area contributed by atoms with Crippen molar-refractivity contribution < 1.29 is 9.59 Å². The van der Waals surface area contributed by atoms with Crippen LogP contribution in [-0.2, 0) is 4.79 Å². The molecule has 0 heterocycles. The van der Waals surface area contributed by atoms with Crippen LogP contribution in [0.5, 0.6) is 0 Å². The highest BCUT2D eigenvalue weighted by molar-refractivity contribution is 5.98. The molecule has 3 N–H and O–H groups in total. The molecule has 0 aromatic heterocycles. The van der Waals surface area contributed by atoms with Gasteiger partial charge in [0.05, 0.1) is 6.54 Å². The van der Waals surface area contributed by atoms with E-state index in [-0.39, 0.29) is 18.4 Å². The van der Waals surface area contributed by atoms with Crippen molar-refractivity contribution in [2.75, 3.05) is 25.9 Å². The van der Waals surface area contributed by atoms with Crippen LogP contribution in [0.3, 0.4) is 0 Å². The third-order valence-electron chi connectivity index (χ3n) is 2.89. The Morgan fingerprint density at radius 2 is 2.06 bits per heavy atom. The number of nitrogens with two attached hydrogens (primary N) is 1. The molecule has 0 fully saturated rings. The molecule has 5 heteroatoms. The molecule has 1 aromatic rings. The Morgan fingerprint density at radius 1 is 1.39 bits per heavy atom. The number of hydrogen-bond acceptors (Lipinski definition) is 3. The maximum absolute atomic E-state index is 12.3. The highest BCUT2D eigenvalue weighted by atomic mass is 16.2. The molecule has 2 amide bonds. The number of rotatable bonds is 4. The van der Waals surface area contributed by atoms with Gasteiger partial charge in [-0.05, 0) is 31.5 Å².